The number of alkyl halides is 3. The third-order valence-electron chi connectivity index (χ3n) is 4.29. The van der Waals surface area contributed by atoms with Crippen molar-refractivity contribution in [1.29, 1.82) is 0 Å². The third kappa shape index (κ3) is 7.42. The zero-order chi connectivity index (χ0) is 18.3. The predicted molar refractivity (Wildman–Crippen MR) is 109 cm³/mol. The Morgan fingerprint density at radius 3 is 2.58 bits per heavy atom. The Bertz CT molecular complexity index is 599. The van der Waals surface area contributed by atoms with Crippen molar-refractivity contribution in [1.82, 2.24) is 10.6 Å². The molecule has 3 unspecified atom stereocenters. The van der Waals surface area contributed by atoms with Crippen molar-refractivity contribution >= 4 is 40.7 Å². The van der Waals surface area contributed by atoms with Crippen LogP contribution in [0.25, 0.3) is 0 Å². The molecule has 1 aliphatic carbocycles. The number of hydrogen-bond acceptors (Lipinski definition) is 2. The van der Waals surface area contributed by atoms with Gasteiger partial charge in [0.25, 0.3) is 0 Å². The first-order valence-corrected chi connectivity index (χ1v) is 9.69. The second-order valence-corrected chi connectivity index (χ2v) is 7.68. The number of halogens is 4. The molecule has 0 amide bonds. The summed E-state index contributed by atoms with van der Waals surface area (Å²) in [7, 11) is 0.457. The van der Waals surface area contributed by atoms with Crippen LogP contribution in [-0.2, 0) is 10.8 Å². The van der Waals surface area contributed by atoms with Crippen molar-refractivity contribution in [3.63, 3.8) is 0 Å². The van der Waals surface area contributed by atoms with E-state index in [2.05, 4.69) is 15.6 Å². The molecule has 0 radical (unpaired) electrons. The maximum absolute atomic E-state index is 12.9. The van der Waals surface area contributed by atoms with Crippen LogP contribution in [0.5, 0.6) is 0 Å². The molecule has 1 fully saturated rings. The number of hydrogen-bond donors (Lipinski definition) is 2. The van der Waals surface area contributed by atoms with Gasteiger partial charge in [-0.1, -0.05) is 24.6 Å². The fourth-order valence-corrected chi connectivity index (χ4v) is 3.94. The van der Waals surface area contributed by atoms with Gasteiger partial charge in [0.2, 0.25) is 0 Å². The van der Waals surface area contributed by atoms with Crippen LogP contribution >= 0.6 is 24.0 Å². The van der Waals surface area contributed by atoms with Crippen molar-refractivity contribution in [3.8, 4) is 0 Å². The van der Waals surface area contributed by atoms with E-state index < -0.39 is 22.9 Å². The molecule has 4 nitrogen and oxygen atoms in total. The molecule has 1 aromatic carbocycles. The molecule has 0 aromatic heterocycles. The number of aliphatic imine (C=N–C) groups is 1. The number of nitrogens with zero attached hydrogens (tertiary/aromatic N) is 1. The number of rotatable bonds is 5. The van der Waals surface area contributed by atoms with E-state index in [0.29, 0.717) is 31.1 Å². The molecule has 3 atom stereocenters. The average Bonchev–Trinajstić information content (AvgIpc) is 2.61. The Labute approximate surface area is 171 Å². The van der Waals surface area contributed by atoms with E-state index in [1.807, 2.05) is 30.3 Å². The van der Waals surface area contributed by atoms with Crippen LogP contribution in [0.2, 0.25) is 0 Å². The van der Waals surface area contributed by atoms with Gasteiger partial charge in [-0.2, -0.15) is 13.2 Å². The van der Waals surface area contributed by atoms with Gasteiger partial charge in [-0.15, -0.1) is 24.0 Å². The third-order valence-corrected chi connectivity index (χ3v) is 5.66. The van der Waals surface area contributed by atoms with Crippen LogP contribution in [0.3, 0.4) is 0 Å². The lowest BCUT2D eigenvalue weighted by Crippen LogP contribution is -2.47. The van der Waals surface area contributed by atoms with Gasteiger partial charge in [0.15, 0.2) is 5.96 Å². The first-order chi connectivity index (χ1) is 11.9. The minimum absolute atomic E-state index is 0. The molecule has 0 saturated heterocycles. The summed E-state index contributed by atoms with van der Waals surface area (Å²) in [6.07, 6.45) is -2.62. The Kier molecular flexibility index (Phi) is 9.91. The summed E-state index contributed by atoms with van der Waals surface area (Å²) in [5.41, 5.74) is 0. The van der Waals surface area contributed by atoms with Crippen molar-refractivity contribution < 1.29 is 17.4 Å². The van der Waals surface area contributed by atoms with Gasteiger partial charge in [0.05, 0.1) is 16.7 Å². The quantitative estimate of drug-likeness (QED) is 0.366. The van der Waals surface area contributed by atoms with Gasteiger partial charge in [-0.3, -0.25) is 9.20 Å². The Hall–Kier alpha value is -0.840. The maximum atomic E-state index is 12.9. The van der Waals surface area contributed by atoms with Crippen LogP contribution in [0, 0.1) is 5.92 Å². The smallest absolute Gasteiger partial charge is 0.355 e. The molecule has 1 aromatic rings. The predicted octanol–water partition coefficient (Wildman–Crippen LogP) is 3.70. The van der Waals surface area contributed by atoms with Crippen LogP contribution in [0.1, 0.15) is 25.7 Å². The molecular formula is C17H25F3IN3OS. The summed E-state index contributed by atoms with van der Waals surface area (Å²) in [5.74, 6) is -0.388. The van der Waals surface area contributed by atoms with Gasteiger partial charge in [0.1, 0.15) is 0 Å². The van der Waals surface area contributed by atoms with Crippen LogP contribution in [-0.4, -0.2) is 41.7 Å². The number of nitrogens with one attached hydrogen (secondary N) is 2. The fraction of sp³-hybridized carbons (Fsp3) is 0.588. The fourth-order valence-electron chi connectivity index (χ4n) is 2.96. The second-order valence-electron chi connectivity index (χ2n) is 6.11. The van der Waals surface area contributed by atoms with E-state index in [1.54, 1.807) is 7.05 Å². The molecule has 0 bridgehead atoms. The minimum atomic E-state index is -4.14. The maximum Gasteiger partial charge on any atom is 0.391 e. The zero-order valence-corrected chi connectivity index (χ0v) is 17.7. The summed E-state index contributed by atoms with van der Waals surface area (Å²) in [4.78, 5) is 4.81. The average molecular weight is 503 g/mol. The standard InChI is InChI=1S/C17H24F3N3OS.HI/c1-21-16(22-10-11-25(24)15-8-3-2-4-9-15)23-14-7-5-6-13(12-14)17(18,19)20;/h2-4,8-9,13-14H,5-7,10-12H2,1H3,(H2,21,22,23);1H. The lowest BCUT2D eigenvalue weighted by molar-refractivity contribution is -0.183. The van der Waals surface area contributed by atoms with Crippen LogP contribution < -0.4 is 10.6 Å². The molecule has 0 heterocycles. The highest BCUT2D eigenvalue weighted by Crippen LogP contribution is 2.37. The molecule has 1 saturated carbocycles. The van der Waals surface area contributed by atoms with E-state index in [9.17, 15) is 17.4 Å². The summed E-state index contributed by atoms with van der Waals surface area (Å²) >= 11 is 0. The lowest BCUT2D eigenvalue weighted by atomic mass is 9.85. The van der Waals surface area contributed by atoms with E-state index in [-0.39, 0.29) is 42.9 Å². The number of benzene rings is 1. The Balaban J connectivity index is 0.00000338. The summed E-state index contributed by atoms with van der Waals surface area (Å²) < 4.78 is 50.8. The second kappa shape index (κ2) is 11.1. The topological polar surface area (TPSA) is 53.5 Å². The van der Waals surface area contributed by atoms with E-state index in [1.165, 1.54) is 0 Å². The van der Waals surface area contributed by atoms with Crippen LogP contribution in [0.4, 0.5) is 13.2 Å². The van der Waals surface area contributed by atoms with Crippen molar-refractivity contribution in [3.05, 3.63) is 30.3 Å². The Morgan fingerprint density at radius 1 is 1.27 bits per heavy atom. The van der Waals surface area contributed by atoms with Crippen molar-refractivity contribution in [2.24, 2.45) is 10.9 Å². The van der Waals surface area contributed by atoms with Gasteiger partial charge in [-0.05, 0) is 31.4 Å². The van der Waals surface area contributed by atoms with E-state index in [4.69, 9.17) is 0 Å². The summed E-state index contributed by atoms with van der Waals surface area (Å²) in [5, 5.41) is 6.10. The Morgan fingerprint density at radius 2 is 1.96 bits per heavy atom. The summed E-state index contributed by atoms with van der Waals surface area (Å²) in [6, 6.07) is 8.91. The SMILES string of the molecule is CN=C(NCCS(=O)c1ccccc1)NC1CCCC(C(F)(F)F)C1.I. The first-order valence-electron chi connectivity index (χ1n) is 8.37. The molecule has 9 heteroatoms. The highest BCUT2D eigenvalue weighted by atomic mass is 127. The highest BCUT2D eigenvalue weighted by Gasteiger charge is 2.42. The molecule has 0 aliphatic heterocycles. The minimum Gasteiger partial charge on any atom is -0.355 e. The largest absolute Gasteiger partial charge is 0.391 e. The highest BCUT2D eigenvalue weighted by molar-refractivity contribution is 14.0. The van der Waals surface area contributed by atoms with Gasteiger partial charge < -0.3 is 10.6 Å². The molecule has 1 aliphatic rings. The number of guanidine groups is 1. The zero-order valence-electron chi connectivity index (χ0n) is 14.6. The monoisotopic (exact) mass is 503 g/mol. The van der Waals surface area contributed by atoms with Gasteiger partial charge >= 0.3 is 6.18 Å². The van der Waals surface area contributed by atoms with Crippen molar-refractivity contribution in [2.45, 2.75) is 42.8 Å². The first kappa shape index (κ1) is 23.2. The van der Waals surface area contributed by atoms with Gasteiger partial charge in [0, 0.05) is 30.3 Å². The molecule has 2 rings (SSSR count). The van der Waals surface area contributed by atoms with E-state index in [0.717, 1.165) is 4.90 Å². The van der Waals surface area contributed by atoms with Crippen LogP contribution in [0.15, 0.2) is 40.2 Å². The normalized spacial score (nSPS) is 22.2. The molecule has 148 valence electrons. The molecule has 26 heavy (non-hydrogen) atoms. The van der Waals surface area contributed by atoms with Crippen molar-refractivity contribution in [2.75, 3.05) is 19.3 Å². The molecular weight excluding hydrogens is 478 g/mol. The summed E-state index contributed by atoms with van der Waals surface area (Å²) in [6.45, 7) is 0.427. The molecule has 2 N–H and O–H groups in total. The van der Waals surface area contributed by atoms with E-state index >= 15 is 0 Å². The molecule has 0 spiro atoms. The lowest BCUT2D eigenvalue weighted by Gasteiger charge is -2.31. The van der Waals surface area contributed by atoms with Gasteiger partial charge in [-0.25, -0.2) is 0 Å².